The molecule has 0 radical (unpaired) electrons. The van der Waals surface area contributed by atoms with Crippen molar-refractivity contribution in [2.24, 2.45) is 5.92 Å². The Morgan fingerprint density at radius 2 is 2.00 bits per heavy atom. The Morgan fingerprint density at radius 1 is 1.24 bits per heavy atom. The summed E-state index contributed by atoms with van der Waals surface area (Å²) in [5.74, 6) is 1.30. The Morgan fingerprint density at radius 3 is 2.65 bits per heavy atom. The lowest BCUT2D eigenvalue weighted by Gasteiger charge is -2.12. The number of hydrogen-bond donors (Lipinski definition) is 2. The van der Waals surface area contributed by atoms with E-state index in [-0.39, 0.29) is 0 Å². The van der Waals surface area contributed by atoms with Crippen molar-refractivity contribution in [2.45, 2.75) is 45.1 Å². The van der Waals surface area contributed by atoms with E-state index in [0.29, 0.717) is 5.75 Å². The second-order valence-corrected chi connectivity index (χ2v) is 5.15. The summed E-state index contributed by atoms with van der Waals surface area (Å²) in [6, 6.07) is 8.26. The van der Waals surface area contributed by atoms with Gasteiger partial charge in [0, 0.05) is 6.04 Å². The molecule has 0 aliphatic heterocycles. The topological polar surface area (TPSA) is 32.3 Å². The van der Waals surface area contributed by atoms with Crippen LogP contribution >= 0.6 is 0 Å². The third-order valence-corrected chi connectivity index (χ3v) is 3.90. The Balaban J connectivity index is 1.68. The maximum atomic E-state index is 9.20. The second-order valence-electron chi connectivity index (χ2n) is 5.15. The van der Waals surface area contributed by atoms with Crippen LogP contribution in [0.15, 0.2) is 24.3 Å². The van der Waals surface area contributed by atoms with Crippen molar-refractivity contribution in [1.82, 2.24) is 5.32 Å². The molecular weight excluding hydrogens is 210 g/mol. The molecule has 0 bridgehead atoms. The van der Waals surface area contributed by atoms with E-state index in [2.05, 4.69) is 12.2 Å². The Labute approximate surface area is 104 Å². The lowest BCUT2D eigenvalue weighted by atomic mass is 10.1. The molecule has 0 aromatic heterocycles. The number of aromatic hydroxyl groups is 1. The molecule has 17 heavy (non-hydrogen) atoms. The maximum absolute atomic E-state index is 9.20. The van der Waals surface area contributed by atoms with Gasteiger partial charge in [-0.05, 0) is 55.8 Å². The minimum Gasteiger partial charge on any atom is -0.508 e. The third kappa shape index (κ3) is 3.74. The Hall–Kier alpha value is -1.02. The summed E-state index contributed by atoms with van der Waals surface area (Å²) in [5.41, 5.74) is 1.29. The van der Waals surface area contributed by atoms with Crippen LogP contribution < -0.4 is 5.32 Å². The minimum absolute atomic E-state index is 0.350. The average Bonchev–Trinajstić information content (AvgIpc) is 2.80. The Bertz CT molecular complexity index is 333. The molecule has 0 saturated heterocycles. The molecule has 1 aliphatic carbocycles. The van der Waals surface area contributed by atoms with Gasteiger partial charge in [-0.3, -0.25) is 0 Å². The first-order valence-electron chi connectivity index (χ1n) is 6.79. The van der Waals surface area contributed by atoms with Crippen LogP contribution in [0.3, 0.4) is 0 Å². The predicted molar refractivity (Wildman–Crippen MR) is 71.2 cm³/mol. The van der Waals surface area contributed by atoms with Gasteiger partial charge in [-0.25, -0.2) is 0 Å². The van der Waals surface area contributed by atoms with Crippen molar-refractivity contribution in [3.05, 3.63) is 29.8 Å². The van der Waals surface area contributed by atoms with Crippen LogP contribution in [0.2, 0.25) is 0 Å². The number of benzene rings is 1. The van der Waals surface area contributed by atoms with Gasteiger partial charge in [0.1, 0.15) is 5.75 Å². The van der Waals surface area contributed by atoms with E-state index >= 15 is 0 Å². The Kier molecular flexibility index (Phi) is 4.43. The van der Waals surface area contributed by atoms with E-state index in [9.17, 15) is 5.11 Å². The normalized spacial score (nSPS) is 24.1. The van der Waals surface area contributed by atoms with Crippen LogP contribution in [-0.2, 0) is 6.42 Å². The van der Waals surface area contributed by atoms with Gasteiger partial charge >= 0.3 is 0 Å². The number of phenolic OH excluding ortho intramolecular Hbond substituents is 1. The molecule has 1 saturated carbocycles. The third-order valence-electron chi connectivity index (χ3n) is 3.90. The van der Waals surface area contributed by atoms with Crippen molar-refractivity contribution in [2.75, 3.05) is 6.54 Å². The summed E-state index contributed by atoms with van der Waals surface area (Å²) >= 11 is 0. The van der Waals surface area contributed by atoms with E-state index in [4.69, 9.17) is 0 Å². The average molecular weight is 233 g/mol. The fourth-order valence-corrected chi connectivity index (χ4v) is 2.71. The highest BCUT2D eigenvalue weighted by atomic mass is 16.3. The molecule has 2 rings (SSSR count). The van der Waals surface area contributed by atoms with Gasteiger partial charge in [-0.1, -0.05) is 25.5 Å². The molecule has 0 spiro atoms. The predicted octanol–water partition coefficient (Wildman–Crippen LogP) is 3.10. The summed E-state index contributed by atoms with van der Waals surface area (Å²) in [4.78, 5) is 0. The lowest BCUT2D eigenvalue weighted by Crippen LogP contribution is -2.28. The molecule has 2 unspecified atom stereocenters. The lowest BCUT2D eigenvalue weighted by molar-refractivity contribution is 0.473. The minimum atomic E-state index is 0.350. The van der Waals surface area contributed by atoms with Crippen molar-refractivity contribution in [3.63, 3.8) is 0 Å². The van der Waals surface area contributed by atoms with Crippen LogP contribution in [0.25, 0.3) is 0 Å². The highest BCUT2D eigenvalue weighted by molar-refractivity contribution is 5.25. The highest BCUT2D eigenvalue weighted by Gasteiger charge is 2.22. The van der Waals surface area contributed by atoms with E-state index in [1.165, 1.54) is 31.2 Å². The van der Waals surface area contributed by atoms with Gasteiger partial charge in [0.2, 0.25) is 0 Å². The van der Waals surface area contributed by atoms with Crippen LogP contribution in [0.1, 0.15) is 38.2 Å². The molecule has 1 fully saturated rings. The van der Waals surface area contributed by atoms with Crippen LogP contribution in [0.5, 0.6) is 5.75 Å². The molecule has 0 amide bonds. The molecule has 1 aromatic carbocycles. The second kappa shape index (κ2) is 6.06. The summed E-state index contributed by atoms with van der Waals surface area (Å²) in [5, 5.41) is 12.8. The monoisotopic (exact) mass is 233 g/mol. The molecular formula is C15H23NO. The quantitative estimate of drug-likeness (QED) is 0.819. The molecule has 2 atom stereocenters. The molecule has 2 nitrogen and oxygen atoms in total. The summed E-state index contributed by atoms with van der Waals surface area (Å²) in [6.45, 7) is 3.34. The molecule has 0 heterocycles. The summed E-state index contributed by atoms with van der Waals surface area (Å²) < 4.78 is 0. The van der Waals surface area contributed by atoms with Crippen LogP contribution in [0, 0.1) is 5.92 Å². The maximum Gasteiger partial charge on any atom is 0.115 e. The fourth-order valence-electron chi connectivity index (χ4n) is 2.71. The van der Waals surface area contributed by atoms with Gasteiger partial charge in [-0.2, -0.15) is 0 Å². The van der Waals surface area contributed by atoms with E-state index < -0.39 is 0 Å². The zero-order valence-electron chi connectivity index (χ0n) is 10.7. The van der Waals surface area contributed by atoms with Gasteiger partial charge in [0.15, 0.2) is 0 Å². The summed E-state index contributed by atoms with van der Waals surface area (Å²) in [7, 11) is 0. The van der Waals surface area contributed by atoms with Gasteiger partial charge in [0.05, 0.1) is 0 Å². The number of nitrogens with one attached hydrogen (secondary N) is 1. The molecule has 94 valence electrons. The van der Waals surface area contributed by atoms with Crippen molar-refractivity contribution in [1.29, 1.82) is 0 Å². The molecule has 2 N–H and O–H groups in total. The van der Waals surface area contributed by atoms with Gasteiger partial charge in [-0.15, -0.1) is 0 Å². The van der Waals surface area contributed by atoms with E-state index in [0.717, 1.165) is 24.9 Å². The molecule has 1 aliphatic rings. The SMILES string of the molecule is CCC1CCC(NCCc2ccc(O)cc2)C1. The van der Waals surface area contributed by atoms with Crippen molar-refractivity contribution >= 4 is 0 Å². The van der Waals surface area contributed by atoms with Gasteiger partial charge < -0.3 is 10.4 Å². The zero-order valence-corrected chi connectivity index (χ0v) is 10.7. The smallest absolute Gasteiger partial charge is 0.115 e. The molecule has 1 aromatic rings. The van der Waals surface area contributed by atoms with Crippen LogP contribution in [-0.4, -0.2) is 17.7 Å². The van der Waals surface area contributed by atoms with Crippen LogP contribution in [0.4, 0.5) is 0 Å². The first-order valence-corrected chi connectivity index (χ1v) is 6.79. The first kappa shape index (κ1) is 12.4. The fraction of sp³-hybridized carbons (Fsp3) is 0.600. The zero-order chi connectivity index (χ0) is 12.1. The van der Waals surface area contributed by atoms with Crippen molar-refractivity contribution < 1.29 is 5.11 Å². The highest BCUT2D eigenvalue weighted by Crippen LogP contribution is 2.27. The number of phenols is 1. The number of hydrogen-bond acceptors (Lipinski definition) is 2. The number of rotatable bonds is 5. The van der Waals surface area contributed by atoms with E-state index in [1.807, 2.05) is 12.1 Å². The first-order chi connectivity index (χ1) is 8.28. The van der Waals surface area contributed by atoms with E-state index in [1.54, 1.807) is 12.1 Å². The standard InChI is InChI=1S/C15H23NO/c1-2-12-3-6-14(11-12)16-10-9-13-4-7-15(17)8-5-13/h4-5,7-8,12,14,16-17H,2-3,6,9-11H2,1H3. The van der Waals surface area contributed by atoms with Gasteiger partial charge in [0.25, 0.3) is 0 Å². The largest absolute Gasteiger partial charge is 0.508 e. The van der Waals surface area contributed by atoms with Crippen molar-refractivity contribution in [3.8, 4) is 5.75 Å². The summed E-state index contributed by atoms with van der Waals surface area (Å²) in [6.07, 6.45) is 6.47. The molecule has 2 heteroatoms.